The number of nitrogens with one attached hydrogen (secondary N) is 4. The van der Waals surface area contributed by atoms with Crippen LogP contribution in [0.4, 0.5) is 0 Å². The van der Waals surface area contributed by atoms with E-state index >= 15 is 0 Å². The zero-order valence-corrected chi connectivity index (χ0v) is 30.5. The molecule has 2 heterocycles. The van der Waals surface area contributed by atoms with Crippen LogP contribution in [-0.4, -0.2) is 54.2 Å². The Hall–Kier alpha value is -4.28. The molecule has 0 saturated heterocycles. The Labute approximate surface area is 294 Å². The summed E-state index contributed by atoms with van der Waals surface area (Å²) in [5.74, 6) is 1.14. The maximum atomic E-state index is 13.2. The standard InChI is InChI=1S/C40H52N6O4/c1-23(47)39(17-18-39)35(49)45-31(37(3,4)5)33-41-21-29(43-33)27-13-9-25(10-14-27)26-11-15-28(16-12-26)30-22-42-34(44-30)32(38(6,7)8)46-36(50)40(19-20-40)24(2)48/h9-16,21-24,31-32,47-48H,17-20H2,1-8H3,(H,41,43)(H,42,44)(H,45,49)(H,46,50)/t23?,24?,31-,32?/m1/s1. The van der Waals surface area contributed by atoms with Crippen molar-refractivity contribution in [3.05, 3.63) is 72.6 Å². The molecule has 2 amide bonds. The molecule has 0 spiro atoms. The van der Waals surface area contributed by atoms with Gasteiger partial charge < -0.3 is 30.8 Å². The predicted octanol–water partition coefficient (Wildman–Crippen LogP) is 6.86. The quantitative estimate of drug-likeness (QED) is 0.102. The van der Waals surface area contributed by atoms with E-state index in [1.165, 1.54) is 0 Å². The Kier molecular flexibility index (Phi) is 9.10. The third-order valence-corrected chi connectivity index (χ3v) is 10.8. The van der Waals surface area contributed by atoms with E-state index < -0.39 is 23.0 Å². The number of rotatable bonds is 11. The van der Waals surface area contributed by atoms with Crippen molar-refractivity contribution < 1.29 is 19.8 Å². The average Bonchev–Trinajstić information content (AvgIpc) is 3.95. The van der Waals surface area contributed by atoms with Crippen molar-refractivity contribution in [2.45, 2.75) is 105 Å². The molecule has 2 aliphatic carbocycles. The fourth-order valence-electron chi connectivity index (χ4n) is 6.82. The second kappa shape index (κ2) is 12.8. The number of hydrogen-bond acceptors (Lipinski definition) is 6. The molecule has 266 valence electrons. The Bertz CT molecular complexity index is 1700. The maximum absolute atomic E-state index is 13.2. The van der Waals surface area contributed by atoms with Crippen molar-refractivity contribution in [3.63, 3.8) is 0 Å². The van der Waals surface area contributed by atoms with Gasteiger partial charge in [-0.1, -0.05) is 90.1 Å². The van der Waals surface area contributed by atoms with Crippen LogP contribution in [-0.2, 0) is 9.59 Å². The summed E-state index contributed by atoms with van der Waals surface area (Å²) in [5.41, 5.74) is 3.85. The molecule has 10 nitrogen and oxygen atoms in total. The number of benzene rings is 2. The molecule has 10 heteroatoms. The molecule has 3 unspecified atom stereocenters. The first-order valence-corrected chi connectivity index (χ1v) is 17.7. The maximum Gasteiger partial charge on any atom is 0.229 e. The van der Waals surface area contributed by atoms with Gasteiger partial charge in [0.2, 0.25) is 11.8 Å². The number of imidazole rings is 2. The molecule has 2 fully saturated rings. The van der Waals surface area contributed by atoms with Gasteiger partial charge in [-0.3, -0.25) is 9.59 Å². The van der Waals surface area contributed by atoms with Gasteiger partial charge in [0.15, 0.2) is 0 Å². The zero-order chi connectivity index (χ0) is 36.2. The minimum atomic E-state index is -0.692. The van der Waals surface area contributed by atoms with Crippen LogP contribution in [0.5, 0.6) is 0 Å². The zero-order valence-electron chi connectivity index (χ0n) is 30.5. The summed E-state index contributed by atoms with van der Waals surface area (Å²) >= 11 is 0. The highest BCUT2D eigenvalue weighted by Crippen LogP contribution is 2.51. The summed E-state index contributed by atoms with van der Waals surface area (Å²) in [6.07, 6.45) is 5.01. The molecular formula is C40H52N6O4. The largest absolute Gasteiger partial charge is 0.392 e. The first kappa shape index (κ1) is 35.5. The van der Waals surface area contributed by atoms with Gasteiger partial charge in [-0.15, -0.1) is 0 Å². The van der Waals surface area contributed by atoms with Gasteiger partial charge in [0.1, 0.15) is 11.6 Å². The van der Waals surface area contributed by atoms with Crippen molar-refractivity contribution in [1.82, 2.24) is 30.6 Å². The van der Waals surface area contributed by atoms with Crippen molar-refractivity contribution >= 4 is 11.8 Å². The van der Waals surface area contributed by atoms with E-state index in [4.69, 9.17) is 0 Å². The summed E-state index contributed by atoms with van der Waals surface area (Å²) in [7, 11) is 0. The first-order chi connectivity index (χ1) is 23.4. The molecule has 0 radical (unpaired) electrons. The molecule has 0 bridgehead atoms. The highest BCUT2D eigenvalue weighted by Gasteiger charge is 2.55. The molecule has 4 atom stereocenters. The predicted molar refractivity (Wildman–Crippen MR) is 194 cm³/mol. The fourth-order valence-corrected chi connectivity index (χ4v) is 6.82. The van der Waals surface area contributed by atoms with E-state index in [9.17, 15) is 19.8 Å². The number of nitrogens with zero attached hydrogens (tertiary/aromatic N) is 2. The molecule has 4 aromatic rings. The topological polar surface area (TPSA) is 156 Å². The van der Waals surface area contributed by atoms with Crippen molar-refractivity contribution in [1.29, 1.82) is 0 Å². The Morgan fingerprint density at radius 2 is 0.920 bits per heavy atom. The van der Waals surface area contributed by atoms with Gasteiger partial charge in [0, 0.05) is 0 Å². The lowest BCUT2D eigenvalue weighted by Gasteiger charge is -2.32. The van der Waals surface area contributed by atoms with Crippen LogP contribution < -0.4 is 10.6 Å². The average molecular weight is 681 g/mol. The number of carbonyl (C=O) groups is 2. The van der Waals surface area contributed by atoms with E-state index in [1.54, 1.807) is 26.2 Å². The van der Waals surface area contributed by atoms with Crippen LogP contribution in [0.3, 0.4) is 0 Å². The molecule has 0 aliphatic heterocycles. The molecule has 6 rings (SSSR count). The van der Waals surface area contributed by atoms with Gasteiger partial charge in [0.05, 0.1) is 58.9 Å². The van der Waals surface area contributed by atoms with Crippen molar-refractivity contribution in [2.75, 3.05) is 0 Å². The number of aromatic amines is 2. The molecule has 2 aliphatic rings. The van der Waals surface area contributed by atoms with E-state index in [-0.39, 0.29) is 34.7 Å². The number of H-pyrrole nitrogens is 2. The van der Waals surface area contributed by atoms with Gasteiger partial charge in [-0.2, -0.15) is 0 Å². The highest BCUT2D eigenvalue weighted by atomic mass is 16.3. The van der Waals surface area contributed by atoms with E-state index in [0.717, 1.165) is 33.6 Å². The summed E-state index contributed by atoms with van der Waals surface area (Å²) in [4.78, 5) is 42.5. The second-order valence-corrected chi connectivity index (χ2v) is 16.7. The lowest BCUT2D eigenvalue weighted by Crippen LogP contribution is -2.44. The molecule has 2 saturated carbocycles. The van der Waals surface area contributed by atoms with Crippen LogP contribution in [0.15, 0.2) is 60.9 Å². The lowest BCUT2D eigenvalue weighted by atomic mass is 9.85. The number of aliphatic hydroxyl groups excluding tert-OH is 2. The number of amides is 2. The second-order valence-electron chi connectivity index (χ2n) is 16.7. The minimum Gasteiger partial charge on any atom is -0.392 e. The fraction of sp³-hybridized carbons (Fsp3) is 0.500. The van der Waals surface area contributed by atoms with Crippen LogP contribution in [0.2, 0.25) is 0 Å². The van der Waals surface area contributed by atoms with Crippen molar-refractivity contribution in [3.8, 4) is 33.6 Å². The SMILES string of the molecule is CC(O)C1(C(=O)NC(c2ncc(-c3ccc(-c4ccc(-c5cnc([C@@H](NC(=O)C6(C(C)O)CC6)C(C)(C)C)[nH]5)cc4)cc3)[nH]2)C(C)(C)C)CC1. The third kappa shape index (κ3) is 6.88. The number of aromatic nitrogens is 4. The highest BCUT2D eigenvalue weighted by molar-refractivity contribution is 5.87. The van der Waals surface area contributed by atoms with Crippen LogP contribution in [0, 0.1) is 21.7 Å². The Morgan fingerprint density at radius 3 is 1.18 bits per heavy atom. The van der Waals surface area contributed by atoms with Gasteiger partial charge >= 0.3 is 0 Å². The summed E-state index contributed by atoms with van der Waals surface area (Å²) in [6, 6.07) is 15.9. The molecule has 6 N–H and O–H groups in total. The first-order valence-electron chi connectivity index (χ1n) is 17.7. The van der Waals surface area contributed by atoms with E-state index in [1.807, 2.05) is 0 Å². The molecular weight excluding hydrogens is 628 g/mol. The smallest absolute Gasteiger partial charge is 0.229 e. The molecule has 50 heavy (non-hydrogen) atoms. The number of carbonyl (C=O) groups excluding carboxylic acids is 2. The number of aliphatic hydroxyl groups is 2. The minimum absolute atomic E-state index is 0.119. The molecule has 2 aromatic carbocycles. The lowest BCUT2D eigenvalue weighted by molar-refractivity contribution is -0.132. The Balaban J connectivity index is 1.14. The third-order valence-electron chi connectivity index (χ3n) is 10.8. The molecule has 2 aromatic heterocycles. The van der Waals surface area contributed by atoms with E-state index in [2.05, 4.69) is 121 Å². The van der Waals surface area contributed by atoms with Gasteiger partial charge in [0.25, 0.3) is 0 Å². The summed E-state index contributed by atoms with van der Waals surface area (Å²) in [5, 5.41) is 26.8. The Morgan fingerprint density at radius 1 is 0.620 bits per heavy atom. The van der Waals surface area contributed by atoms with Crippen LogP contribution >= 0.6 is 0 Å². The van der Waals surface area contributed by atoms with Gasteiger partial charge in [-0.05, 0) is 72.6 Å². The van der Waals surface area contributed by atoms with Crippen LogP contribution in [0.25, 0.3) is 33.6 Å². The van der Waals surface area contributed by atoms with Crippen LogP contribution in [0.1, 0.15) is 105 Å². The summed E-state index contributed by atoms with van der Waals surface area (Å²) in [6.45, 7) is 15.8. The number of hydrogen-bond donors (Lipinski definition) is 6. The monoisotopic (exact) mass is 680 g/mol. The van der Waals surface area contributed by atoms with E-state index in [0.29, 0.717) is 37.3 Å². The normalized spacial score (nSPS) is 18.8. The summed E-state index contributed by atoms with van der Waals surface area (Å²) < 4.78 is 0. The van der Waals surface area contributed by atoms with Gasteiger partial charge in [-0.25, -0.2) is 9.97 Å². The van der Waals surface area contributed by atoms with Crippen molar-refractivity contribution in [2.24, 2.45) is 21.7 Å².